The molecule has 1 unspecified atom stereocenters. The van der Waals surface area contributed by atoms with E-state index in [0.29, 0.717) is 0 Å². The first kappa shape index (κ1) is 8.91. The van der Waals surface area contributed by atoms with Crippen LogP contribution in [0.2, 0.25) is 0 Å². The standard InChI is InChI=1S/C10H13NO/c1-8(9(2)12)7-10-3-5-11-6-4-10/h3-6,8H,7H2,1-2H3. The van der Waals surface area contributed by atoms with Crippen molar-refractivity contribution in [2.24, 2.45) is 5.92 Å². The van der Waals surface area contributed by atoms with Gasteiger partial charge in [-0.05, 0) is 31.0 Å². The molecule has 0 fully saturated rings. The maximum absolute atomic E-state index is 10.9. The first-order chi connectivity index (χ1) is 5.70. The zero-order valence-corrected chi connectivity index (χ0v) is 7.45. The van der Waals surface area contributed by atoms with Crippen LogP contribution in [-0.4, -0.2) is 10.8 Å². The molecule has 0 saturated heterocycles. The number of ketones is 1. The highest BCUT2D eigenvalue weighted by atomic mass is 16.1. The van der Waals surface area contributed by atoms with Gasteiger partial charge in [0.05, 0.1) is 0 Å². The van der Waals surface area contributed by atoms with Crippen molar-refractivity contribution in [1.29, 1.82) is 0 Å². The number of hydrogen-bond acceptors (Lipinski definition) is 2. The zero-order chi connectivity index (χ0) is 8.97. The van der Waals surface area contributed by atoms with Gasteiger partial charge in [0.2, 0.25) is 0 Å². The summed E-state index contributed by atoms with van der Waals surface area (Å²) in [6, 6.07) is 3.89. The Balaban J connectivity index is 2.58. The Morgan fingerprint density at radius 1 is 1.50 bits per heavy atom. The molecule has 0 aromatic carbocycles. The molecule has 0 aliphatic carbocycles. The van der Waals surface area contributed by atoms with E-state index in [9.17, 15) is 4.79 Å². The van der Waals surface area contributed by atoms with Gasteiger partial charge in [0, 0.05) is 18.3 Å². The molecule has 2 nitrogen and oxygen atoms in total. The highest BCUT2D eigenvalue weighted by Gasteiger charge is 2.07. The predicted octanol–water partition coefficient (Wildman–Crippen LogP) is 1.85. The molecule has 1 aromatic rings. The first-order valence-corrected chi connectivity index (χ1v) is 4.09. The van der Waals surface area contributed by atoms with Crippen molar-refractivity contribution in [3.8, 4) is 0 Å². The van der Waals surface area contributed by atoms with E-state index in [-0.39, 0.29) is 11.7 Å². The minimum Gasteiger partial charge on any atom is -0.300 e. The second-order valence-electron chi connectivity index (χ2n) is 3.07. The van der Waals surface area contributed by atoms with Gasteiger partial charge in [-0.1, -0.05) is 6.92 Å². The van der Waals surface area contributed by atoms with E-state index in [1.165, 1.54) is 5.56 Å². The lowest BCUT2D eigenvalue weighted by atomic mass is 9.99. The molecule has 0 aliphatic rings. The monoisotopic (exact) mass is 163 g/mol. The van der Waals surface area contributed by atoms with Crippen LogP contribution in [0.1, 0.15) is 19.4 Å². The predicted molar refractivity (Wildman–Crippen MR) is 47.8 cm³/mol. The van der Waals surface area contributed by atoms with Crippen molar-refractivity contribution in [1.82, 2.24) is 4.98 Å². The molecule has 12 heavy (non-hydrogen) atoms. The highest BCUT2D eigenvalue weighted by Crippen LogP contribution is 2.07. The van der Waals surface area contributed by atoms with E-state index in [0.717, 1.165) is 6.42 Å². The van der Waals surface area contributed by atoms with Crippen molar-refractivity contribution < 1.29 is 4.79 Å². The van der Waals surface area contributed by atoms with E-state index < -0.39 is 0 Å². The molecule has 0 bridgehead atoms. The minimum atomic E-state index is 0.118. The maximum Gasteiger partial charge on any atom is 0.132 e. The minimum absolute atomic E-state index is 0.118. The van der Waals surface area contributed by atoms with Crippen LogP contribution in [0, 0.1) is 5.92 Å². The van der Waals surface area contributed by atoms with Gasteiger partial charge < -0.3 is 0 Å². The normalized spacial score (nSPS) is 12.5. The molecule has 0 saturated carbocycles. The fourth-order valence-electron chi connectivity index (χ4n) is 1.02. The summed E-state index contributed by atoms with van der Waals surface area (Å²) in [7, 11) is 0. The van der Waals surface area contributed by atoms with Gasteiger partial charge >= 0.3 is 0 Å². The summed E-state index contributed by atoms with van der Waals surface area (Å²) < 4.78 is 0. The zero-order valence-electron chi connectivity index (χ0n) is 7.45. The summed E-state index contributed by atoms with van der Waals surface area (Å²) in [6.45, 7) is 3.58. The summed E-state index contributed by atoms with van der Waals surface area (Å²) in [5.41, 5.74) is 1.17. The van der Waals surface area contributed by atoms with Crippen LogP contribution in [0.4, 0.5) is 0 Å². The average Bonchev–Trinajstić information content (AvgIpc) is 2.06. The summed E-state index contributed by atoms with van der Waals surface area (Å²) in [5.74, 6) is 0.360. The number of carbonyl (C=O) groups is 1. The van der Waals surface area contributed by atoms with Crippen LogP contribution < -0.4 is 0 Å². The van der Waals surface area contributed by atoms with Gasteiger partial charge in [-0.2, -0.15) is 0 Å². The molecule has 0 radical (unpaired) electrons. The Morgan fingerprint density at radius 2 is 2.08 bits per heavy atom. The number of Topliss-reactive ketones (excluding diaryl/α,β-unsaturated/α-hetero) is 1. The summed E-state index contributed by atoms with van der Waals surface area (Å²) in [6.07, 6.45) is 4.32. The van der Waals surface area contributed by atoms with Crippen LogP contribution in [0.5, 0.6) is 0 Å². The van der Waals surface area contributed by atoms with E-state index in [1.54, 1.807) is 19.3 Å². The van der Waals surface area contributed by atoms with Crippen molar-refractivity contribution in [2.75, 3.05) is 0 Å². The molecular formula is C10H13NO. The fourth-order valence-corrected chi connectivity index (χ4v) is 1.02. The van der Waals surface area contributed by atoms with E-state index in [4.69, 9.17) is 0 Å². The third-order valence-corrected chi connectivity index (χ3v) is 1.99. The molecular weight excluding hydrogens is 150 g/mol. The van der Waals surface area contributed by atoms with Crippen molar-refractivity contribution >= 4 is 5.78 Å². The number of rotatable bonds is 3. The Bertz CT molecular complexity index is 256. The van der Waals surface area contributed by atoms with E-state index >= 15 is 0 Å². The Labute approximate surface area is 72.6 Å². The third-order valence-electron chi connectivity index (χ3n) is 1.99. The highest BCUT2D eigenvalue weighted by molar-refractivity contribution is 5.78. The van der Waals surface area contributed by atoms with Crippen molar-refractivity contribution in [2.45, 2.75) is 20.3 Å². The topological polar surface area (TPSA) is 30.0 Å². The second-order valence-corrected chi connectivity index (χ2v) is 3.07. The molecule has 1 rings (SSSR count). The summed E-state index contributed by atoms with van der Waals surface area (Å²) in [5, 5.41) is 0. The van der Waals surface area contributed by atoms with Crippen LogP contribution in [0.3, 0.4) is 0 Å². The van der Waals surface area contributed by atoms with Gasteiger partial charge in [-0.15, -0.1) is 0 Å². The molecule has 64 valence electrons. The van der Waals surface area contributed by atoms with E-state index in [1.807, 2.05) is 19.1 Å². The first-order valence-electron chi connectivity index (χ1n) is 4.09. The number of pyridine rings is 1. The molecule has 0 N–H and O–H groups in total. The Hall–Kier alpha value is -1.18. The fraction of sp³-hybridized carbons (Fsp3) is 0.400. The Kier molecular flexibility index (Phi) is 2.97. The van der Waals surface area contributed by atoms with Gasteiger partial charge in [0.15, 0.2) is 0 Å². The summed E-state index contributed by atoms with van der Waals surface area (Å²) >= 11 is 0. The van der Waals surface area contributed by atoms with Crippen molar-refractivity contribution in [3.05, 3.63) is 30.1 Å². The van der Waals surface area contributed by atoms with Gasteiger partial charge in [-0.25, -0.2) is 0 Å². The number of aromatic nitrogens is 1. The van der Waals surface area contributed by atoms with Crippen LogP contribution in [0.15, 0.2) is 24.5 Å². The smallest absolute Gasteiger partial charge is 0.132 e. The van der Waals surface area contributed by atoms with Gasteiger partial charge in [-0.3, -0.25) is 9.78 Å². The molecule has 1 atom stereocenters. The molecule has 0 amide bonds. The lowest BCUT2D eigenvalue weighted by molar-refractivity contribution is -0.120. The van der Waals surface area contributed by atoms with Gasteiger partial charge in [0.1, 0.15) is 5.78 Å². The molecule has 2 heteroatoms. The van der Waals surface area contributed by atoms with Crippen LogP contribution in [0.25, 0.3) is 0 Å². The van der Waals surface area contributed by atoms with E-state index in [2.05, 4.69) is 4.98 Å². The molecule has 1 aromatic heterocycles. The summed E-state index contributed by atoms with van der Waals surface area (Å²) in [4.78, 5) is 14.8. The van der Waals surface area contributed by atoms with Crippen molar-refractivity contribution in [3.63, 3.8) is 0 Å². The largest absolute Gasteiger partial charge is 0.300 e. The van der Waals surface area contributed by atoms with Crippen LogP contribution >= 0.6 is 0 Å². The molecule has 0 aliphatic heterocycles. The maximum atomic E-state index is 10.9. The number of nitrogens with zero attached hydrogens (tertiary/aromatic N) is 1. The Morgan fingerprint density at radius 3 is 2.58 bits per heavy atom. The molecule has 0 spiro atoms. The second kappa shape index (κ2) is 4.00. The quantitative estimate of drug-likeness (QED) is 0.680. The lowest BCUT2D eigenvalue weighted by Crippen LogP contribution is -2.09. The number of hydrogen-bond donors (Lipinski definition) is 0. The van der Waals surface area contributed by atoms with Crippen LogP contribution in [-0.2, 0) is 11.2 Å². The average molecular weight is 163 g/mol. The number of carbonyl (C=O) groups excluding carboxylic acids is 1. The lowest BCUT2D eigenvalue weighted by Gasteiger charge is -2.05. The SMILES string of the molecule is CC(=O)C(C)Cc1ccncc1. The third kappa shape index (κ3) is 2.46. The van der Waals surface area contributed by atoms with Gasteiger partial charge in [0.25, 0.3) is 0 Å². The molecule has 1 heterocycles.